The third-order valence-electron chi connectivity index (χ3n) is 5.51. The number of para-hydroxylation sites is 2. The number of fused-ring (bicyclic) bond motifs is 2. The zero-order chi connectivity index (χ0) is 19.1. The summed E-state index contributed by atoms with van der Waals surface area (Å²) in [5.74, 6) is 1.73. The first-order valence-electron chi connectivity index (χ1n) is 9.72. The zero-order valence-corrected chi connectivity index (χ0v) is 16.6. The Kier molecular flexibility index (Phi) is 4.31. The van der Waals surface area contributed by atoms with E-state index >= 15 is 4.39 Å². The van der Waals surface area contributed by atoms with E-state index < -0.39 is 10.9 Å². The zero-order valence-electron chi connectivity index (χ0n) is 15.8. The molecule has 3 aromatic rings. The number of hydrogen-bond acceptors (Lipinski definition) is 2. The maximum Gasteiger partial charge on any atom is 0.209 e. The lowest BCUT2D eigenvalue weighted by molar-refractivity contribution is 0.0912. The van der Waals surface area contributed by atoms with Gasteiger partial charge in [0.25, 0.3) is 0 Å². The Morgan fingerprint density at radius 2 is 1.50 bits per heavy atom. The van der Waals surface area contributed by atoms with Crippen molar-refractivity contribution in [1.29, 1.82) is 0 Å². The van der Waals surface area contributed by atoms with Crippen molar-refractivity contribution >= 4 is 10.9 Å². The van der Waals surface area contributed by atoms with Crippen LogP contribution in [0.3, 0.4) is 0 Å². The van der Waals surface area contributed by atoms with E-state index in [1.54, 1.807) is 12.1 Å². The molecular formula is C24H22FO2S+. The lowest BCUT2D eigenvalue weighted by Crippen LogP contribution is -2.28. The second-order valence-electron chi connectivity index (χ2n) is 7.65. The Morgan fingerprint density at radius 1 is 0.893 bits per heavy atom. The summed E-state index contributed by atoms with van der Waals surface area (Å²) in [7, 11) is -0.411. The summed E-state index contributed by atoms with van der Waals surface area (Å²) in [4.78, 5) is 3.10. The van der Waals surface area contributed by atoms with Gasteiger partial charge < -0.3 is 9.47 Å². The van der Waals surface area contributed by atoms with Crippen molar-refractivity contribution in [3.8, 4) is 17.2 Å². The van der Waals surface area contributed by atoms with Crippen LogP contribution in [0.25, 0.3) is 0 Å². The van der Waals surface area contributed by atoms with E-state index in [0.29, 0.717) is 5.75 Å². The topological polar surface area (TPSA) is 18.5 Å². The van der Waals surface area contributed by atoms with Gasteiger partial charge in [-0.3, -0.25) is 0 Å². The largest absolute Gasteiger partial charge is 0.484 e. The Morgan fingerprint density at radius 3 is 2.11 bits per heavy atom. The molecule has 0 amide bonds. The van der Waals surface area contributed by atoms with Gasteiger partial charge >= 0.3 is 0 Å². The molecule has 0 unspecified atom stereocenters. The molecule has 142 valence electrons. The van der Waals surface area contributed by atoms with Crippen molar-refractivity contribution in [1.82, 2.24) is 0 Å². The van der Waals surface area contributed by atoms with Crippen LogP contribution in [0.1, 0.15) is 32.6 Å². The third kappa shape index (κ3) is 3.06. The van der Waals surface area contributed by atoms with Crippen molar-refractivity contribution < 1.29 is 13.9 Å². The second-order valence-corrected chi connectivity index (χ2v) is 9.62. The lowest BCUT2D eigenvalue weighted by Gasteiger charge is -2.26. The van der Waals surface area contributed by atoms with E-state index in [1.165, 1.54) is 0 Å². The molecule has 4 heteroatoms. The normalized spacial score (nSPS) is 17.5. The quantitative estimate of drug-likeness (QED) is 0.359. The summed E-state index contributed by atoms with van der Waals surface area (Å²) in [6.07, 6.45) is 4.26. The minimum absolute atomic E-state index is 0.247. The van der Waals surface area contributed by atoms with Crippen LogP contribution in [0.4, 0.5) is 4.39 Å². The molecule has 3 aromatic carbocycles. The minimum atomic E-state index is -0.411. The summed E-state index contributed by atoms with van der Waals surface area (Å²) >= 11 is 0. The van der Waals surface area contributed by atoms with Crippen LogP contribution in [0.15, 0.2) is 81.4 Å². The summed E-state index contributed by atoms with van der Waals surface area (Å²) in [6.45, 7) is 2.08. The molecule has 0 radical (unpaired) electrons. The Hall–Kier alpha value is -2.46. The summed E-state index contributed by atoms with van der Waals surface area (Å²) in [5, 5.41) is 0. The monoisotopic (exact) mass is 393 g/mol. The molecule has 5 rings (SSSR count). The van der Waals surface area contributed by atoms with Crippen LogP contribution < -0.4 is 9.47 Å². The molecule has 2 nitrogen and oxygen atoms in total. The van der Waals surface area contributed by atoms with Gasteiger partial charge in [0.15, 0.2) is 28.0 Å². The average molecular weight is 394 g/mol. The number of hydrogen-bond donors (Lipinski definition) is 0. The lowest BCUT2D eigenvalue weighted by atomic mass is 10.1. The number of halogens is 1. The average Bonchev–Trinajstić information content (AvgIpc) is 3.14. The Bertz CT molecular complexity index is 981. The van der Waals surface area contributed by atoms with Gasteiger partial charge in [0.1, 0.15) is 16.5 Å². The van der Waals surface area contributed by atoms with E-state index in [-0.39, 0.29) is 11.4 Å². The van der Waals surface area contributed by atoms with E-state index in [9.17, 15) is 0 Å². The molecular weight excluding hydrogens is 371 g/mol. The fourth-order valence-corrected chi connectivity index (χ4v) is 6.30. The molecule has 1 heterocycles. The highest BCUT2D eigenvalue weighted by atomic mass is 32.2. The molecule has 0 atom stereocenters. The van der Waals surface area contributed by atoms with E-state index in [0.717, 1.165) is 51.9 Å². The van der Waals surface area contributed by atoms with Crippen molar-refractivity contribution in [3.63, 3.8) is 0 Å². The van der Waals surface area contributed by atoms with Gasteiger partial charge in [0.2, 0.25) is 9.79 Å². The first kappa shape index (κ1) is 17.6. The number of rotatable bonds is 3. The van der Waals surface area contributed by atoms with Crippen molar-refractivity contribution in [2.75, 3.05) is 0 Å². The SMILES string of the molecule is CC1(Oc2ccc([S+]3c4ccccc4Oc4ccccc43)cc2F)CCCC1. The molecule has 0 N–H and O–H groups in total. The Labute approximate surface area is 167 Å². The molecule has 2 aliphatic rings. The molecule has 1 aliphatic heterocycles. The maximum absolute atomic E-state index is 15.0. The molecule has 0 aromatic heterocycles. The number of ether oxygens (including phenoxy) is 2. The summed E-state index contributed by atoms with van der Waals surface area (Å²) in [5.41, 5.74) is -0.247. The highest BCUT2D eigenvalue weighted by Gasteiger charge is 2.40. The first-order chi connectivity index (χ1) is 13.6. The van der Waals surface area contributed by atoms with Crippen molar-refractivity contribution in [3.05, 3.63) is 72.5 Å². The van der Waals surface area contributed by atoms with Gasteiger partial charge in [-0.25, -0.2) is 4.39 Å². The predicted octanol–water partition coefficient (Wildman–Crippen LogP) is 6.74. The number of benzene rings is 3. The van der Waals surface area contributed by atoms with Gasteiger partial charge in [-0.1, -0.05) is 24.3 Å². The van der Waals surface area contributed by atoms with Gasteiger partial charge in [-0.2, -0.15) is 0 Å². The Balaban J connectivity index is 1.55. The van der Waals surface area contributed by atoms with Gasteiger partial charge in [-0.05, 0) is 69.0 Å². The molecule has 1 fully saturated rings. The standard InChI is InChI=1S/C24H22FO2S/c1-24(14-6-7-15-24)27-19-13-12-17(16-18(19)25)28-22-10-4-2-8-20(22)26-21-9-3-5-11-23(21)28/h2-5,8-13,16H,6-7,14-15H2,1H3/q+1. The van der Waals surface area contributed by atoms with E-state index in [1.807, 2.05) is 42.5 Å². The fourth-order valence-electron chi connectivity index (χ4n) is 4.08. The smallest absolute Gasteiger partial charge is 0.209 e. The molecule has 0 spiro atoms. The van der Waals surface area contributed by atoms with Crippen LogP contribution in [-0.4, -0.2) is 5.60 Å². The highest BCUT2D eigenvalue weighted by molar-refractivity contribution is 7.97. The highest BCUT2D eigenvalue weighted by Crippen LogP contribution is 2.47. The fraction of sp³-hybridized carbons (Fsp3) is 0.250. The van der Waals surface area contributed by atoms with E-state index in [2.05, 4.69) is 19.1 Å². The van der Waals surface area contributed by atoms with E-state index in [4.69, 9.17) is 9.47 Å². The molecule has 1 aliphatic carbocycles. The summed E-state index contributed by atoms with van der Waals surface area (Å²) in [6, 6.07) is 21.4. The predicted molar refractivity (Wildman–Crippen MR) is 109 cm³/mol. The van der Waals surface area contributed by atoms with Crippen LogP contribution in [0.5, 0.6) is 17.2 Å². The molecule has 0 bridgehead atoms. The van der Waals surface area contributed by atoms with Gasteiger partial charge in [0, 0.05) is 6.07 Å². The summed E-state index contributed by atoms with van der Waals surface area (Å²) < 4.78 is 27.2. The van der Waals surface area contributed by atoms with Crippen LogP contribution in [0.2, 0.25) is 0 Å². The van der Waals surface area contributed by atoms with Gasteiger partial charge in [-0.15, -0.1) is 0 Å². The maximum atomic E-state index is 15.0. The van der Waals surface area contributed by atoms with Crippen molar-refractivity contribution in [2.45, 2.75) is 52.9 Å². The van der Waals surface area contributed by atoms with Gasteiger partial charge in [0.05, 0.1) is 0 Å². The second kappa shape index (κ2) is 6.85. The molecule has 0 saturated heterocycles. The van der Waals surface area contributed by atoms with Crippen LogP contribution in [-0.2, 0) is 10.9 Å². The third-order valence-corrected chi connectivity index (χ3v) is 7.79. The molecule has 1 saturated carbocycles. The minimum Gasteiger partial charge on any atom is -0.484 e. The first-order valence-corrected chi connectivity index (χ1v) is 10.9. The molecule has 28 heavy (non-hydrogen) atoms. The van der Waals surface area contributed by atoms with Crippen molar-refractivity contribution in [2.24, 2.45) is 0 Å². The van der Waals surface area contributed by atoms with Crippen LogP contribution in [0, 0.1) is 5.82 Å². The van der Waals surface area contributed by atoms with Crippen LogP contribution >= 0.6 is 0 Å².